The third kappa shape index (κ3) is 2.93. The molecule has 0 bridgehead atoms. The van der Waals surface area contributed by atoms with Gasteiger partial charge in [0.1, 0.15) is 6.04 Å². The lowest BCUT2D eigenvalue weighted by Crippen LogP contribution is -2.37. The molecule has 1 N–H and O–H groups in total. The van der Waals surface area contributed by atoms with Crippen molar-refractivity contribution in [1.29, 1.82) is 0 Å². The zero-order valence-corrected chi connectivity index (χ0v) is 10.8. The maximum atomic E-state index is 12.0. The van der Waals surface area contributed by atoms with Crippen molar-refractivity contribution in [2.75, 3.05) is 25.2 Å². The fraction of sp³-hybridized carbons (Fsp3) is 0.818. The van der Waals surface area contributed by atoms with Gasteiger partial charge in [0.15, 0.2) is 0 Å². The smallest absolute Gasteiger partial charge is 0.324 e. The number of nitrogens with one attached hydrogen (secondary N) is 1. The zero-order valence-electron chi connectivity index (χ0n) is 9.98. The van der Waals surface area contributed by atoms with Crippen LogP contribution in [0.4, 0.5) is 4.79 Å². The Hall–Kier alpha value is -0.750. The summed E-state index contributed by atoms with van der Waals surface area (Å²) in [6.07, 6.45) is 4.68. The van der Waals surface area contributed by atoms with E-state index in [9.17, 15) is 9.59 Å². The van der Waals surface area contributed by atoms with E-state index in [2.05, 4.69) is 5.32 Å². The molecule has 0 radical (unpaired) electrons. The average molecular weight is 258 g/mol. The second-order valence-corrected chi connectivity index (χ2v) is 5.35. The molecule has 0 saturated carbocycles. The van der Waals surface area contributed by atoms with Gasteiger partial charge in [0.05, 0.1) is 12.6 Å². The van der Waals surface area contributed by atoms with Crippen LogP contribution in [0.15, 0.2) is 0 Å². The topological polar surface area (TPSA) is 58.6 Å². The molecular formula is C11H18N2O3S. The average Bonchev–Trinajstić information content (AvgIpc) is 2.90. The normalized spacial score (nSPS) is 28.9. The van der Waals surface area contributed by atoms with E-state index in [1.807, 2.05) is 6.26 Å². The second-order valence-electron chi connectivity index (χ2n) is 4.37. The summed E-state index contributed by atoms with van der Waals surface area (Å²) in [5.41, 5.74) is 0. The van der Waals surface area contributed by atoms with Gasteiger partial charge < -0.3 is 10.1 Å². The number of carbonyl (C=O) groups is 2. The third-order valence-electron chi connectivity index (χ3n) is 3.13. The van der Waals surface area contributed by atoms with E-state index in [-0.39, 0.29) is 24.1 Å². The van der Waals surface area contributed by atoms with E-state index in [0.717, 1.165) is 25.2 Å². The van der Waals surface area contributed by atoms with E-state index >= 15 is 0 Å². The van der Waals surface area contributed by atoms with Crippen molar-refractivity contribution in [2.45, 2.75) is 31.4 Å². The van der Waals surface area contributed by atoms with Crippen LogP contribution in [0.1, 0.15) is 19.3 Å². The molecule has 0 unspecified atom stereocenters. The summed E-state index contributed by atoms with van der Waals surface area (Å²) in [7, 11) is 0. The lowest BCUT2D eigenvalue weighted by atomic mass is 10.2. The molecule has 2 heterocycles. The van der Waals surface area contributed by atoms with Crippen molar-refractivity contribution in [3.63, 3.8) is 0 Å². The fourth-order valence-electron chi connectivity index (χ4n) is 2.17. The Labute approximate surface area is 105 Å². The first-order valence-corrected chi connectivity index (χ1v) is 7.34. The monoisotopic (exact) mass is 258 g/mol. The molecule has 3 amide bonds. The number of carbonyl (C=O) groups excluding carboxylic acids is 2. The van der Waals surface area contributed by atoms with Gasteiger partial charge in [-0.15, -0.1) is 0 Å². The Bertz CT molecular complexity index is 305. The van der Waals surface area contributed by atoms with Crippen LogP contribution < -0.4 is 5.32 Å². The number of rotatable bonds is 5. The molecule has 0 aliphatic carbocycles. The van der Waals surface area contributed by atoms with Crippen molar-refractivity contribution in [2.24, 2.45) is 0 Å². The second kappa shape index (κ2) is 5.73. The van der Waals surface area contributed by atoms with Crippen LogP contribution in [0, 0.1) is 0 Å². The van der Waals surface area contributed by atoms with Crippen LogP contribution in [-0.2, 0) is 9.53 Å². The van der Waals surface area contributed by atoms with Crippen LogP contribution in [-0.4, -0.2) is 54.1 Å². The Morgan fingerprint density at radius 3 is 3.00 bits per heavy atom. The first-order chi connectivity index (χ1) is 8.22. The number of amides is 3. The molecule has 0 aromatic heterocycles. The zero-order chi connectivity index (χ0) is 12.3. The lowest BCUT2D eigenvalue weighted by molar-refractivity contribution is -0.128. The number of ether oxygens (including phenoxy) is 1. The molecule has 6 heteroatoms. The van der Waals surface area contributed by atoms with Gasteiger partial charge in [0.2, 0.25) is 0 Å². The highest BCUT2D eigenvalue weighted by molar-refractivity contribution is 7.98. The van der Waals surface area contributed by atoms with Gasteiger partial charge in [-0.3, -0.25) is 9.69 Å². The SMILES string of the molecule is CSCC[C@H]1NC(=O)N(C[C@@H]2CCCO2)C1=O. The highest BCUT2D eigenvalue weighted by Crippen LogP contribution is 2.17. The molecule has 0 aromatic carbocycles. The van der Waals surface area contributed by atoms with Crippen molar-refractivity contribution in [3.05, 3.63) is 0 Å². The maximum absolute atomic E-state index is 12.0. The minimum Gasteiger partial charge on any atom is -0.376 e. The van der Waals surface area contributed by atoms with Gasteiger partial charge in [-0.1, -0.05) is 0 Å². The lowest BCUT2D eigenvalue weighted by Gasteiger charge is -2.17. The van der Waals surface area contributed by atoms with Crippen LogP contribution in [0.2, 0.25) is 0 Å². The summed E-state index contributed by atoms with van der Waals surface area (Å²) in [6.45, 7) is 1.14. The van der Waals surface area contributed by atoms with Gasteiger partial charge in [0.25, 0.3) is 5.91 Å². The van der Waals surface area contributed by atoms with Gasteiger partial charge >= 0.3 is 6.03 Å². The molecule has 2 aliphatic rings. The molecule has 96 valence electrons. The van der Waals surface area contributed by atoms with E-state index in [1.54, 1.807) is 11.8 Å². The number of hydrogen-bond acceptors (Lipinski definition) is 4. The Morgan fingerprint density at radius 1 is 1.53 bits per heavy atom. The van der Waals surface area contributed by atoms with Crippen molar-refractivity contribution in [3.8, 4) is 0 Å². The molecule has 2 aliphatic heterocycles. The molecular weight excluding hydrogens is 240 g/mol. The molecule has 2 saturated heterocycles. The highest BCUT2D eigenvalue weighted by Gasteiger charge is 2.39. The summed E-state index contributed by atoms with van der Waals surface area (Å²) in [4.78, 5) is 25.0. The molecule has 0 aromatic rings. The third-order valence-corrected chi connectivity index (χ3v) is 3.77. The van der Waals surface area contributed by atoms with E-state index in [1.165, 1.54) is 4.90 Å². The highest BCUT2D eigenvalue weighted by atomic mass is 32.2. The first-order valence-electron chi connectivity index (χ1n) is 5.95. The standard InChI is InChI=1S/C11H18N2O3S/c1-17-6-4-9-10(14)13(11(15)12-9)7-8-3-2-5-16-8/h8-9H,2-7H2,1H3,(H,12,15)/t8-,9+/m0/s1. The number of urea groups is 1. The molecule has 5 nitrogen and oxygen atoms in total. The summed E-state index contributed by atoms with van der Waals surface area (Å²) >= 11 is 1.68. The number of nitrogens with zero attached hydrogens (tertiary/aromatic N) is 1. The predicted molar refractivity (Wildman–Crippen MR) is 66.0 cm³/mol. The van der Waals surface area contributed by atoms with Crippen LogP contribution >= 0.6 is 11.8 Å². The molecule has 0 spiro atoms. The van der Waals surface area contributed by atoms with Gasteiger partial charge in [-0.05, 0) is 31.3 Å². The van der Waals surface area contributed by atoms with Gasteiger partial charge in [-0.25, -0.2) is 4.79 Å². The molecule has 2 rings (SSSR count). The summed E-state index contributed by atoms with van der Waals surface area (Å²) in [5.74, 6) is 0.782. The number of imide groups is 1. The van der Waals surface area contributed by atoms with Crippen molar-refractivity contribution in [1.82, 2.24) is 10.2 Å². The maximum Gasteiger partial charge on any atom is 0.324 e. The van der Waals surface area contributed by atoms with E-state index in [4.69, 9.17) is 4.74 Å². The summed E-state index contributed by atoms with van der Waals surface area (Å²) in [5, 5.41) is 2.73. The van der Waals surface area contributed by atoms with Gasteiger partial charge in [0, 0.05) is 6.61 Å². The minimum absolute atomic E-state index is 0.0315. The van der Waals surface area contributed by atoms with Crippen LogP contribution in [0.5, 0.6) is 0 Å². The molecule has 17 heavy (non-hydrogen) atoms. The Morgan fingerprint density at radius 2 is 2.35 bits per heavy atom. The quantitative estimate of drug-likeness (QED) is 0.742. The first kappa shape index (κ1) is 12.7. The molecule has 2 atom stereocenters. The predicted octanol–water partition coefficient (Wildman–Crippen LogP) is 0.839. The number of hydrogen-bond donors (Lipinski definition) is 1. The van der Waals surface area contributed by atoms with Gasteiger partial charge in [-0.2, -0.15) is 11.8 Å². The van der Waals surface area contributed by atoms with Crippen molar-refractivity contribution >= 4 is 23.7 Å². The summed E-state index contributed by atoms with van der Waals surface area (Å²) < 4.78 is 5.45. The Balaban J connectivity index is 1.89. The van der Waals surface area contributed by atoms with Crippen LogP contribution in [0.25, 0.3) is 0 Å². The van der Waals surface area contributed by atoms with Crippen molar-refractivity contribution < 1.29 is 14.3 Å². The van der Waals surface area contributed by atoms with E-state index < -0.39 is 0 Å². The van der Waals surface area contributed by atoms with Crippen LogP contribution in [0.3, 0.4) is 0 Å². The van der Waals surface area contributed by atoms with E-state index in [0.29, 0.717) is 13.0 Å². The fourth-order valence-corrected chi connectivity index (χ4v) is 2.64. The largest absolute Gasteiger partial charge is 0.376 e. The Kier molecular flexibility index (Phi) is 4.28. The number of thioether (sulfide) groups is 1. The molecule has 2 fully saturated rings. The summed E-state index contributed by atoms with van der Waals surface area (Å²) in [6, 6.07) is -0.604. The minimum atomic E-state index is -0.337.